The van der Waals surface area contributed by atoms with E-state index in [-0.39, 0.29) is 36.4 Å². The first-order valence-electron chi connectivity index (χ1n) is 13.4. The maximum Gasteiger partial charge on any atom is 0.260 e. The van der Waals surface area contributed by atoms with Gasteiger partial charge in [-0.2, -0.15) is 0 Å². The van der Waals surface area contributed by atoms with Crippen LogP contribution in [-0.2, 0) is 20.8 Å². The van der Waals surface area contributed by atoms with E-state index in [0.29, 0.717) is 44.8 Å². The number of nitrogens with one attached hydrogen (secondary N) is 2. The highest BCUT2D eigenvalue weighted by molar-refractivity contribution is 5.99. The number of rotatable bonds is 11. The number of β-amino-alcohol motifs (C(OH)–C–C–N with tert-alkyl or cyclic N) is 1. The number of aliphatic hydroxyl groups is 1. The number of carbonyl (C=O) groups excluding carboxylic acids is 3. The minimum absolute atomic E-state index is 0.0552. The van der Waals surface area contributed by atoms with Crippen molar-refractivity contribution in [3.8, 4) is 5.75 Å². The molecule has 1 fully saturated rings. The summed E-state index contributed by atoms with van der Waals surface area (Å²) in [5.41, 5.74) is 3.36. The molecule has 0 radical (unpaired) electrons. The van der Waals surface area contributed by atoms with E-state index in [0.717, 1.165) is 28.9 Å². The average Bonchev–Trinajstić information content (AvgIpc) is 3.51. The number of hydrogen-bond donors (Lipinski definition) is 3. The van der Waals surface area contributed by atoms with Crippen LogP contribution in [-0.4, -0.2) is 85.1 Å². The molecule has 2 aliphatic heterocycles. The van der Waals surface area contributed by atoms with Crippen LogP contribution in [0.3, 0.4) is 0 Å². The lowest BCUT2D eigenvalue weighted by Gasteiger charge is -2.31. The molecule has 9 heteroatoms. The van der Waals surface area contributed by atoms with Crippen LogP contribution in [0.5, 0.6) is 5.75 Å². The minimum atomic E-state index is -0.548. The summed E-state index contributed by atoms with van der Waals surface area (Å²) in [5.74, 6) is -0.522. The van der Waals surface area contributed by atoms with Crippen molar-refractivity contribution < 1.29 is 24.2 Å². The van der Waals surface area contributed by atoms with Crippen LogP contribution in [0.15, 0.2) is 42.5 Å². The van der Waals surface area contributed by atoms with Gasteiger partial charge in [0.15, 0.2) is 6.61 Å². The number of carbonyl (C=O) groups is 3. The van der Waals surface area contributed by atoms with Crippen molar-refractivity contribution in [2.45, 2.75) is 44.6 Å². The Morgan fingerprint density at radius 2 is 1.97 bits per heavy atom. The van der Waals surface area contributed by atoms with Gasteiger partial charge in [-0.05, 0) is 55.2 Å². The number of hydrogen-bond acceptors (Lipinski definition) is 6. The van der Waals surface area contributed by atoms with E-state index in [4.69, 9.17) is 4.74 Å². The fraction of sp³-hybridized carbons (Fsp3) is 0.483. The van der Waals surface area contributed by atoms with Crippen molar-refractivity contribution in [2.24, 2.45) is 0 Å². The molecule has 38 heavy (non-hydrogen) atoms. The Hall–Kier alpha value is -3.43. The summed E-state index contributed by atoms with van der Waals surface area (Å²) < 4.78 is 5.88. The molecule has 0 aromatic heterocycles. The quantitative estimate of drug-likeness (QED) is 0.417. The first kappa shape index (κ1) is 27.6. The van der Waals surface area contributed by atoms with Crippen LogP contribution in [0.2, 0.25) is 0 Å². The van der Waals surface area contributed by atoms with Crippen molar-refractivity contribution in [3.63, 3.8) is 0 Å². The lowest BCUT2D eigenvalue weighted by molar-refractivity contribution is -0.133. The molecule has 4 rings (SSSR count). The molecule has 2 aliphatic rings. The van der Waals surface area contributed by atoms with E-state index < -0.39 is 5.92 Å². The summed E-state index contributed by atoms with van der Waals surface area (Å²) in [6.07, 6.45) is 0.643. The van der Waals surface area contributed by atoms with Crippen LogP contribution >= 0.6 is 0 Å². The Balaban J connectivity index is 1.67. The predicted octanol–water partition coefficient (Wildman–Crippen LogP) is 2.11. The summed E-state index contributed by atoms with van der Waals surface area (Å²) in [7, 11) is 1.62. The highest BCUT2D eigenvalue weighted by Crippen LogP contribution is 2.38. The Bertz CT molecular complexity index is 1170. The molecule has 3 N–H and O–H groups in total. The molecule has 204 valence electrons. The first-order chi connectivity index (χ1) is 18.3. The lowest BCUT2D eigenvalue weighted by atomic mass is 9.79. The van der Waals surface area contributed by atoms with Gasteiger partial charge in [0.2, 0.25) is 11.8 Å². The van der Waals surface area contributed by atoms with Gasteiger partial charge in [0.1, 0.15) is 5.75 Å². The van der Waals surface area contributed by atoms with E-state index in [1.807, 2.05) is 56.3 Å². The van der Waals surface area contributed by atoms with Gasteiger partial charge in [-0.15, -0.1) is 0 Å². The number of benzene rings is 2. The van der Waals surface area contributed by atoms with E-state index in [1.165, 1.54) is 0 Å². The topological polar surface area (TPSA) is 111 Å². The Morgan fingerprint density at radius 1 is 1.18 bits per heavy atom. The Kier molecular flexibility index (Phi) is 9.01. The minimum Gasteiger partial charge on any atom is -0.484 e. The molecule has 9 nitrogen and oxygen atoms in total. The molecule has 1 saturated heterocycles. The zero-order chi connectivity index (χ0) is 27.2. The molecule has 2 heterocycles. The highest BCUT2D eigenvalue weighted by Gasteiger charge is 2.35. The van der Waals surface area contributed by atoms with E-state index >= 15 is 0 Å². The summed E-state index contributed by atoms with van der Waals surface area (Å²) in [6, 6.07) is 13.3. The molecule has 0 saturated carbocycles. The Morgan fingerprint density at radius 3 is 2.66 bits per heavy atom. The highest BCUT2D eigenvalue weighted by atomic mass is 16.5. The molecule has 1 unspecified atom stereocenters. The van der Waals surface area contributed by atoms with Crippen molar-refractivity contribution in [3.05, 3.63) is 59.2 Å². The first-order valence-corrected chi connectivity index (χ1v) is 13.4. The zero-order valence-corrected chi connectivity index (χ0v) is 22.4. The van der Waals surface area contributed by atoms with Gasteiger partial charge >= 0.3 is 0 Å². The van der Waals surface area contributed by atoms with Gasteiger partial charge in [0.25, 0.3) is 5.91 Å². The molecule has 0 spiro atoms. The predicted molar refractivity (Wildman–Crippen MR) is 145 cm³/mol. The summed E-state index contributed by atoms with van der Waals surface area (Å²) in [5, 5.41) is 15.9. The van der Waals surface area contributed by atoms with Crippen molar-refractivity contribution in [1.82, 2.24) is 15.1 Å². The molecule has 2 aromatic carbocycles. The van der Waals surface area contributed by atoms with Gasteiger partial charge in [-0.25, -0.2) is 0 Å². The van der Waals surface area contributed by atoms with E-state index in [9.17, 15) is 19.5 Å². The number of nitrogens with zero attached hydrogens (tertiary/aromatic N) is 2. The summed E-state index contributed by atoms with van der Waals surface area (Å²) in [6.45, 7) is 6.90. The second-order valence-electron chi connectivity index (χ2n) is 9.97. The van der Waals surface area contributed by atoms with Crippen LogP contribution in [0, 0.1) is 0 Å². The Labute approximate surface area is 224 Å². The normalized spacial score (nSPS) is 18.4. The molecule has 0 bridgehead atoms. The lowest BCUT2D eigenvalue weighted by Crippen LogP contribution is -2.36. The van der Waals surface area contributed by atoms with Crippen LogP contribution in [0.4, 0.5) is 5.69 Å². The molecule has 0 aliphatic carbocycles. The number of fused-ring (bicyclic) bond motifs is 1. The smallest absolute Gasteiger partial charge is 0.260 e. The van der Waals surface area contributed by atoms with Gasteiger partial charge in [-0.1, -0.05) is 24.3 Å². The fourth-order valence-corrected chi connectivity index (χ4v) is 5.45. The molecule has 2 aromatic rings. The third-order valence-corrected chi connectivity index (χ3v) is 7.52. The number of likely N-dealkylation sites (tertiary alicyclic amines) is 1. The summed E-state index contributed by atoms with van der Waals surface area (Å²) >= 11 is 0. The van der Waals surface area contributed by atoms with Crippen LogP contribution in [0.1, 0.15) is 48.8 Å². The van der Waals surface area contributed by atoms with Crippen molar-refractivity contribution in [2.75, 3.05) is 51.7 Å². The van der Waals surface area contributed by atoms with Crippen LogP contribution in [0.25, 0.3) is 0 Å². The average molecular weight is 523 g/mol. The summed E-state index contributed by atoms with van der Waals surface area (Å²) in [4.78, 5) is 41.8. The van der Waals surface area contributed by atoms with E-state index in [1.54, 1.807) is 11.9 Å². The second-order valence-corrected chi connectivity index (χ2v) is 9.97. The van der Waals surface area contributed by atoms with Crippen molar-refractivity contribution >= 4 is 23.4 Å². The molecule has 3 atom stereocenters. The standard InChI is InChI=1S/C29H38N4O5/c1-4-33(5-2)27(36)18-38-23-8-6-7-19(13-23)24(17-32-12-11-22(34)16-32)28(29(37)30-3)21-10-9-20-15-26(35)31-25(20)14-21/h6-10,13-14,22,24,28,34H,4-5,11-12,15-18H2,1-3H3,(H,30,37)(H,31,35)/t22-,24+,28?/m0/s1. The largest absolute Gasteiger partial charge is 0.484 e. The van der Waals surface area contributed by atoms with Gasteiger partial charge < -0.3 is 30.3 Å². The van der Waals surface area contributed by atoms with Gasteiger partial charge in [0.05, 0.1) is 18.4 Å². The van der Waals surface area contributed by atoms with Crippen LogP contribution < -0.4 is 15.4 Å². The fourth-order valence-electron chi connectivity index (χ4n) is 5.45. The number of likely N-dealkylation sites (N-methyl/N-ethyl adjacent to an activating group) is 2. The number of aliphatic hydroxyl groups excluding tert-OH is 1. The number of anilines is 1. The van der Waals surface area contributed by atoms with Gasteiger partial charge in [-0.3, -0.25) is 14.4 Å². The SMILES string of the molecule is CCN(CC)C(=O)COc1cccc([C@@H](CN2CC[C@H](O)C2)C(C(=O)NC)c2ccc3c(c2)NC(=O)C3)c1. The number of ether oxygens (including phenoxy) is 1. The molecular weight excluding hydrogens is 484 g/mol. The maximum absolute atomic E-state index is 13.4. The van der Waals surface area contributed by atoms with Crippen molar-refractivity contribution in [1.29, 1.82) is 0 Å². The third-order valence-electron chi connectivity index (χ3n) is 7.52. The monoisotopic (exact) mass is 522 g/mol. The third kappa shape index (κ3) is 6.34. The zero-order valence-electron chi connectivity index (χ0n) is 22.4. The number of amides is 3. The maximum atomic E-state index is 13.4. The molecular formula is C29H38N4O5. The molecule has 3 amide bonds. The van der Waals surface area contributed by atoms with E-state index in [2.05, 4.69) is 15.5 Å². The van der Waals surface area contributed by atoms with Gasteiger partial charge in [0, 0.05) is 51.4 Å². The second kappa shape index (κ2) is 12.4.